The van der Waals surface area contributed by atoms with Gasteiger partial charge in [-0.15, -0.1) is 0 Å². The van der Waals surface area contributed by atoms with E-state index in [0.29, 0.717) is 0 Å². The van der Waals surface area contributed by atoms with Crippen molar-refractivity contribution >= 4 is 11.9 Å². The second-order valence-electron chi connectivity index (χ2n) is 8.40. The topological polar surface area (TPSA) is 113 Å². The van der Waals surface area contributed by atoms with Gasteiger partial charge in [-0.1, -0.05) is 0 Å². The zero-order valence-corrected chi connectivity index (χ0v) is 19.8. The van der Waals surface area contributed by atoms with Crippen molar-refractivity contribution in [1.29, 1.82) is 0 Å². The summed E-state index contributed by atoms with van der Waals surface area (Å²) < 4.78 is 80.4. The number of carbonyl (C=O) groups is 2. The van der Waals surface area contributed by atoms with Gasteiger partial charge in [0, 0.05) is 38.7 Å². The first-order chi connectivity index (χ1) is 16.6. The number of rotatable bonds is 5. The van der Waals surface area contributed by atoms with Crippen LogP contribution in [0.3, 0.4) is 0 Å². The predicted molar refractivity (Wildman–Crippen MR) is 112 cm³/mol. The third-order valence-corrected chi connectivity index (χ3v) is 5.31. The van der Waals surface area contributed by atoms with Crippen molar-refractivity contribution in [3.63, 3.8) is 0 Å². The SMILES string of the molecule is COCCN1CCC2(COCCN(Cc3ccc(C)o3)C2)C1.O=C(O)C(F)(F)F.O=C(O)C(F)(F)F. The Bertz CT molecular complexity index is 806. The van der Waals surface area contributed by atoms with Crippen molar-refractivity contribution in [2.24, 2.45) is 5.41 Å². The molecule has 0 amide bonds. The molecular weight excluding hydrogens is 506 g/mol. The molecule has 3 heterocycles. The lowest BCUT2D eigenvalue weighted by Gasteiger charge is -2.31. The average molecular weight is 536 g/mol. The average Bonchev–Trinajstić information content (AvgIpc) is 3.28. The number of aliphatic carboxylic acids is 2. The Morgan fingerprint density at radius 2 is 1.58 bits per heavy atom. The normalized spacial score (nSPS) is 21.2. The molecule has 2 saturated heterocycles. The molecule has 0 aliphatic carbocycles. The van der Waals surface area contributed by atoms with Gasteiger partial charge >= 0.3 is 24.3 Å². The maximum Gasteiger partial charge on any atom is 0.490 e. The van der Waals surface area contributed by atoms with Gasteiger partial charge in [0.1, 0.15) is 11.5 Å². The van der Waals surface area contributed by atoms with E-state index in [4.69, 9.17) is 33.7 Å². The maximum atomic E-state index is 10.6. The highest BCUT2D eigenvalue weighted by Gasteiger charge is 2.41. The summed E-state index contributed by atoms with van der Waals surface area (Å²) in [5.41, 5.74) is 0.270. The van der Waals surface area contributed by atoms with E-state index in [-0.39, 0.29) is 5.41 Å². The van der Waals surface area contributed by atoms with Gasteiger partial charge in [-0.3, -0.25) is 4.90 Å². The van der Waals surface area contributed by atoms with E-state index < -0.39 is 24.3 Å². The second-order valence-corrected chi connectivity index (χ2v) is 8.40. The van der Waals surface area contributed by atoms with Crippen LogP contribution in [0.4, 0.5) is 26.3 Å². The third kappa shape index (κ3) is 11.6. The fourth-order valence-electron chi connectivity index (χ4n) is 3.69. The van der Waals surface area contributed by atoms with Crippen LogP contribution in [0.25, 0.3) is 0 Å². The van der Waals surface area contributed by atoms with Crippen molar-refractivity contribution < 1.29 is 60.0 Å². The molecular formula is C21H30F6N2O7. The monoisotopic (exact) mass is 536 g/mol. The molecule has 1 spiro atoms. The fourth-order valence-corrected chi connectivity index (χ4v) is 3.69. The second kappa shape index (κ2) is 13.8. The van der Waals surface area contributed by atoms with Crippen LogP contribution in [-0.4, -0.2) is 104 Å². The Morgan fingerprint density at radius 1 is 1.03 bits per heavy atom. The first kappa shape index (κ1) is 31.7. The number of methoxy groups -OCH3 is 1. The smallest absolute Gasteiger partial charge is 0.475 e. The van der Waals surface area contributed by atoms with Gasteiger partial charge in [-0.2, -0.15) is 26.3 Å². The van der Waals surface area contributed by atoms with Crippen molar-refractivity contribution in [3.05, 3.63) is 23.7 Å². The minimum Gasteiger partial charge on any atom is -0.475 e. The molecule has 1 aromatic rings. The standard InChI is InChI=1S/C17H28N2O3.2C2HF3O2/c1-15-3-4-16(22-15)11-19-8-10-21-14-17(13-19)5-6-18(12-17)7-9-20-2;2*3-2(4,5)1(6)7/h3-4H,5-14H2,1-2H3;2*(H,6,7). The molecule has 2 aliphatic rings. The van der Waals surface area contributed by atoms with Gasteiger partial charge in [0.15, 0.2) is 0 Å². The summed E-state index contributed by atoms with van der Waals surface area (Å²) >= 11 is 0. The van der Waals surface area contributed by atoms with Crippen LogP contribution < -0.4 is 0 Å². The van der Waals surface area contributed by atoms with E-state index in [1.165, 1.54) is 6.42 Å². The van der Waals surface area contributed by atoms with E-state index in [2.05, 4.69) is 15.9 Å². The van der Waals surface area contributed by atoms with E-state index in [0.717, 1.165) is 70.6 Å². The molecule has 2 fully saturated rings. The van der Waals surface area contributed by atoms with Crippen LogP contribution in [0.1, 0.15) is 17.9 Å². The number of nitrogens with zero attached hydrogens (tertiary/aromatic N) is 2. The number of aryl methyl sites for hydroxylation is 1. The fraction of sp³-hybridized carbons (Fsp3) is 0.714. The summed E-state index contributed by atoms with van der Waals surface area (Å²) in [5.74, 6) is -3.47. The highest BCUT2D eigenvalue weighted by Crippen LogP contribution is 2.33. The quantitative estimate of drug-likeness (QED) is 0.549. The van der Waals surface area contributed by atoms with Gasteiger partial charge in [-0.25, -0.2) is 9.59 Å². The molecule has 1 unspecified atom stereocenters. The number of ether oxygens (including phenoxy) is 2. The lowest BCUT2D eigenvalue weighted by molar-refractivity contribution is -0.193. The number of carboxylic acid groups (broad SMARTS) is 2. The van der Waals surface area contributed by atoms with Gasteiger partial charge in [0.25, 0.3) is 0 Å². The van der Waals surface area contributed by atoms with Crippen molar-refractivity contribution in [2.45, 2.75) is 32.2 Å². The minimum absolute atomic E-state index is 0.270. The number of carboxylic acids is 2. The van der Waals surface area contributed by atoms with Crippen LogP contribution in [-0.2, 0) is 25.6 Å². The lowest BCUT2D eigenvalue weighted by Crippen LogP contribution is -2.40. The Kier molecular flexibility index (Phi) is 12.2. The van der Waals surface area contributed by atoms with Crippen LogP contribution in [0.5, 0.6) is 0 Å². The molecule has 208 valence electrons. The summed E-state index contributed by atoms with van der Waals surface area (Å²) in [4.78, 5) is 22.8. The minimum atomic E-state index is -5.08. The van der Waals surface area contributed by atoms with Gasteiger partial charge in [0.05, 0.1) is 26.4 Å². The summed E-state index contributed by atoms with van der Waals surface area (Å²) in [6.45, 7) is 10.8. The molecule has 1 atom stereocenters. The Hall–Kier alpha value is -2.36. The van der Waals surface area contributed by atoms with Crippen molar-refractivity contribution in [2.75, 3.05) is 59.7 Å². The zero-order chi connectivity index (χ0) is 27.6. The molecule has 0 radical (unpaired) electrons. The Labute approximate surface area is 203 Å². The Balaban J connectivity index is 0.000000383. The molecule has 0 aromatic carbocycles. The number of hydrogen-bond donors (Lipinski definition) is 2. The zero-order valence-electron chi connectivity index (χ0n) is 19.8. The summed E-state index contributed by atoms with van der Waals surface area (Å²) in [7, 11) is 1.77. The Morgan fingerprint density at radius 3 is 2.06 bits per heavy atom. The van der Waals surface area contributed by atoms with Crippen molar-refractivity contribution in [1.82, 2.24) is 9.80 Å². The highest BCUT2D eigenvalue weighted by molar-refractivity contribution is 5.73. The van der Waals surface area contributed by atoms with E-state index >= 15 is 0 Å². The molecule has 2 N–H and O–H groups in total. The predicted octanol–water partition coefficient (Wildman–Crippen LogP) is 3.03. The number of likely N-dealkylation sites (tertiary alicyclic amines) is 1. The molecule has 9 nitrogen and oxygen atoms in total. The van der Waals surface area contributed by atoms with Crippen LogP contribution in [0.15, 0.2) is 16.5 Å². The molecule has 0 saturated carbocycles. The molecule has 36 heavy (non-hydrogen) atoms. The van der Waals surface area contributed by atoms with Gasteiger partial charge in [0.2, 0.25) is 0 Å². The summed E-state index contributed by atoms with van der Waals surface area (Å²) in [6, 6.07) is 4.13. The number of halogens is 6. The van der Waals surface area contributed by atoms with Crippen LogP contribution >= 0.6 is 0 Å². The van der Waals surface area contributed by atoms with E-state index in [1.54, 1.807) is 7.11 Å². The highest BCUT2D eigenvalue weighted by atomic mass is 19.4. The van der Waals surface area contributed by atoms with E-state index in [1.807, 2.05) is 13.0 Å². The molecule has 0 bridgehead atoms. The van der Waals surface area contributed by atoms with Crippen molar-refractivity contribution in [3.8, 4) is 0 Å². The molecule has 3 rings (SSSR count). The maximum absolute atomic E-state index is 10.6. The molecule has 1 aromatic heterocycles. The van der Waals surface area contributed by atoms with E-state index in [9.17, 15) is 26.3 Å². The first-order valence-corrected chi connectivity index (χ1v) is 10.7. The molecule has 15 heteroatoms. The third-order valence-electron chi connectivity index (χ3n) is 5.31. The largest absolute Gasteiger partial charge is 0.490 e. The first-order valence-electron chi connectivity index (χ1n) is 10.7. The number of hydrogen-bond acceptors (Lipinski definition) is 7. The lowest BCUT2D eigenvalue weighted by atomic mass is 9.87. The van der Waals surface area contributed by atoms with Crippen LogP contribution in [0, 0.1) is 12.3 Å². The number of alkyl halides is 6. The molecule has 2 aliphatic heterocycles. The number of furan rings is 1. The van der Waals surface area contributed by atoms with Gasteiger partial charge in [-0.05, 0) is 32.0 Å². The summed E-state index contributed by atoms with van der Waals surface area (Å²) in [5, 5.41) is 14.2. The van der Waals surface area contributed by atoms with Crippen LogP contribution in [0.2, 0.25) is 0 Å². The summed E-state index contributed by atoms with van der Waals surface area (Å²) in [6.07, 6.45) is -8.95. The van der Waals surface area contributed by atoms with Gasteiger partial charge < -0.3 is 29.0 Å².